The van der Waals surface area contributed by atoms with Crippen LogP contribution in [-0.4, -0.2) is 15.7 Å². The Kier molecular flexibility index (Phi) is 4.81. The summed E-state index contributed by atoms with van der Waals surface area (Å²) in [5.74, 6) is 2.88. The van der Waals surface area contributed by atoms with Crippen LogP contribution < -0.4 is 22.3 Å². The van der Waals surface area contributed by atoms with Crippen molar-refractivity contribution >= 4 is 11.5 Å². The third-order valence-electron chi connectivity index (χ3n) is 2.70. The van der Waals surface area contributed by atoms with E-state index in [0.717, 1.165) is 4.57 Å². The van der Waals surface area contributed by atoms with E-state index in [1.165, 1.54) is 11.6 Å². The minimum Gasteiger partial charge on any atom is -0.383 e. The summed E-state index contributed by atoms with van der Waals surface area (Å²) in [4.78, 5) is 24.0. The van der Waals surface area contributed by atoms with Crippen LogP contribution in [0.25, 0.3) is 0 Å². The van der Waals surface area contributed by atoms with Crippen molar-refractivity contribution in [3.8, 4) is 12.3 Å². The largest absolute Gasteiger partial charge is 0.383 e. The lowest BCUT2D eigenvalue weighted by molar-refractivity contribution is 0.494. The Hall–Kier alpha value is -2.16. The molecule has 19 heavy (non-hydrogen) atoms. The molecule has 0 spiro atoms. The highest BCUT2D eigenvalue weighted by Crippen LogP contribution is 2.12. The fourth-order valence-electron chi connectivity index (χ4n) is 1.75. The van der Waals surface area contributed by atoms with E-state index in [2.05, 4.69) is 11.2 Å². The molecule has 1 aromatic rings. The molecule has 0 radical (unpaired) electrons. The molecule has 0 aliphatic carbocycles. The molecule has 104 valence electrons. The highest BCUT2D eigenvalue weighted by atomic mass is 16.2. The molecule has 0 amide bonds. The summed E-state index contributed by atoms with van der Waals surface area (Å²) in [5, 5.41) is 2.90. The van der Waals surface area contributed by atoms with Crippen LogP contribution in [0, 0.1) is 18.3 Å². The molecule has 3 N–H and O–H groups in total. The van der Waals surface area contributed by atoms with E-state index in [1.54, 1.807) is 0 Å². The fourth-order valence-corrected chi connectivity index (χ4v) is 1.75. The van der Waals surface area contributed by atoms with Gasteiger partial charge in [0.15, 0.2) is 0 Å². The Labute approximate surface area is 112 Å². The summed E-state index contributed by atoms with van der Waals surface area (Å²) in [5.41, 5.74) is 5.32. The van der Waals surface area contributed by atoms with Gasteiger partial charge in [-0.3, -0.25) is 13.9 Å². The number of hydrogen-bond donors (Lipinski definition) is 2. The Morgan fingerprint density at radius 1 is 1.42 bits per heavy atom. The summed E-state index contributed by atoms with van der Waals surface area (Å²) in [7, 11) is 1.44. The number of hydrogen-bond acceptors (Lipinski definition) is 4. The molecule has 6 heteroatoms. The molecular weight excluding hydrogens is 244 g/mol. The molecule has 0 saturated carbocycles. The Morgan fingerprint density at radius 3 is 2.58 bits per heavy atom. The van der Waals surface area contributed by atoms with Crippen LogP contribution in [-0.2, 0) is 13.6 Å². The van der Waals surface area contributed by atoms with Gasteiger partial charge >= 0.3 is 5.69 Å². The smallest absolute Gasteiger partial charge is 0.332 e. The molecule has 0 fully saturated rings. The number of aromatic nitrogens is 2. The molecular formula is C13H20N4O2. The maximum absolute atomic E-state index is 12.0. The van der Waals surface area contributed by atoms with E-state index in [9.17, 15) is 9.59 Å². The first-order valence-electron chi connectivity index (χ1n) is 6.16. The predicted octanol–water partition coefficient (Wildman–Crippen LogP) is 0.220. The number of nitrogens with one attached hydrogen (secondary N) is 1. The van der Waals surface area contributed by atoms with Gasteiger partial charge in [0.25, 0.3) is 5.56 Å². The maximum atomic E-state index is 12.0. The second-order valence-electron chi connectivity index (χ2n) is 4.79. The zero-order valence-corrected chi connectivity index (χ0v) is 11.6. The van der Waals surface area contributed by atoms with Gasteiger partial charge < -0.3 is 11.1 Å². The third kappa shape index (κ3) is 3.19. The van der Waals surface area contributed by atoms with E-state index >= 15 is 0 Å². The second-order valence-corrected chi connectivity index (χ2v) is 4.79. The van der Waals surface area contributed by atoms with Crippen molar-refractivity contribution in [2.24, 2.45) is 13.0 Å². The molecule has 0 unspecified atom stereocenters. The Bertz CT molecular complexity index is 605. The normalized spacial score (nSPS) is 10.5. The highest BCUT2D eigenvalue weighted by molar-refractivity contribution is 5.60. The van der Waals surface area contributed by atoms with Gasteiger partial charge in [-0.2, -0.15) is 0 Å². The van der Waals surface area contributed by atoms with Gasteiger partial charge in [-0.15, -0.1) is 12.3 Å². The molecule has 0 saturated heterocycles. The zero-order chi connectivity index (χ0) is 14.6. The average Bonchev–Trinajstić information content (AvgIpc) is 2.36. The van der Waals surface area contributed by atoms with Crippen LogP contribution in [0.4, 0.5) is 11.5 Å². The predicted molar refractivity (Wildman–Crippen MR) is 77.1 cm³/mol. The second kappa shape index (κ2) is 6.14. The van der Waals surface area contributed by atoms with Gasteiger partial charge in [-0.05, 0) is 5.92 Å². The van der Waals surface area contributed by atoms with Crippen LogP contribution in [0.5, 0.6) is 0 Å². The SMILES string of the molecule is C#CCCNc1c(N)n(CC(C)C)c(=O)n(C)c1=O. The quantitative estimate of drug-likeness (QED) is 0.589. The van der Waals surface area contributed by atoms with E-state index in [1.807, 2.05) is 13.8 Å². The van der Waals surface area contributed by atoms with Gasteiger partial charge in [-0.25, -0.2) is 4.79 Å². The number of nitrogens with two attached hydrogens (primary N) is 1. The molecule has 0 aliphatic rings. The number of terminal acetylenes is 1. The summed E-state index contributed by atoms with van der Waals surface area (Å²) in [6.45, 7) is 4.85. The average molecular weight is 264 g/mol. The first kappa shape index (κ1) is 14.9. The fraction of sp³-hybridized carbons (Fsp3) is 0.538. The van der Waals surface area contributed by atoms with Crippen molar-refractivity contribution in [2.45, 2.75) is 26.8 Å². The van der Waals surface area contributed by atoms with Gasteiger partial charge in [-0.1, -0.05) is 13.8 Å². The molecule has 0 aliphatic heterocycles. The third-order valence-corrected chi connectivity index (χ3v) is 2.70. The topological polar surface area (TPSA) is 82.0 Å². The zero-order valence-electron chi connectivity index (χ0n) is 11.6. The van der Waals surface area contributed by atoms with Crippen molar-refractivity contribution in [3.63, 3.8) is 0 Å². The highest BCUT2D eigenvalue weighted by Gasteiger charge is 2.15. The van der Waals surface area contributed by atoms with Crippen LogP contribution in [0.15, 0.2) is 9.59 Å². The van der Waals surface area contributed by atoms with Crippen molar-refractivity contribution in [3.05, 3.63) is 20.8 Å². The first-order valence-corrected chi connectivity index (χ1v) is 6.16. The lowest BCUT2D eigenvalue weighted by Gasteiger charge is -2.17. The number of anilines is 2. The molecule has 1 rings (SSSR count). The van der Waals surface area contributed by atoms with Gasteiger partial charge in [0.05, 0.1) is 0 Å². The molecule has 6 nitrogen and oxygen atoms in total. The number of rotatable bonds is 5. The van der Waals surface area contributed by atoms with Crippen LogP contribution >= 0.6 is 0 Å². The molecule has 0 atom stereocenters. The van der Waals surface area contributed by atoms with Gasteiger partial charge in [0, 0.05) is 26.6 Å². The monoisotopic (exact) mass is 264 g/mol. The van der Waals surface area contributed by atoms with Gasteiger partial charge in [0.2, 0.25) is 0 Å². The van der Waals surface area contributed by atoms with Crippen molar-refractivity contribution in [1.82, 2.24) is 9.13 Å². The van der Waals surface area contributed by atoms with Crippen LogP contribution in [0.1, 0.15) is 20.3 Å². The minimum atomic E-state index is -0.431. The van der Waals surface area contributed by atoms with Crippen molar-refractivity contribution in [1.29, 1.82) is 0 Å². The molecule has 1 heterocycles. The van der Waals surface area contributed by atoms with Crippen molar-refractivity contribution < 1.29 is 0 Å². The summed E-state index contributed by atoms with van der Waals surface area (Å²) >= 11 is 0. The summed E-state index contributed by atoms with van der Waals surface area (Å²) < 4.78 is 2.46. The minimum absolute atomic E-state index is 0.166. The lowest BCUT2D eigenvalue weighted by Crippen LogP contribution is -2.41. The van der Waals surface area contributed by atoms with Crippen LogP contribution in [0.3, 0.4) is 0 Å². The lowest BCUT2D eigenvalue weighted by atomic mass is 10.2. The van der Waals surface area contributed by atoms with E-state index in [-0.39, 0.29) is 17.4 Å². The molecule has 0 bridgehead atoms. The van der Waals surface area contributed by atoms with Crippen LogP contribution in [0.2, 0.25) is 0 Å². The summed E-state index contributed by atoms with van der Waals surface area (Å²) in [6.07, 6.45) is 5.64. The number of nitrogens with zero attached hydrogens (tertiary/aromatic N) is 2. The molecule has 0 aromatic carbocycles. The Balaban J connectivity index is 3.31. The Morgan fingerprint density at radius 2 is 2.05 bits per heavy atom. The van der Waals surface area contributed by atoms with E-state index in [4.69, 9.17) is 12.2 Å². The number of nitrogen functional groups attached to an aromatic ring is 1. The van der Waals surface area contributed by atoms with E-state index in [0.29, 0.717) is 19.5 Å². The van der Waals surface area contributed by atoms with Crippen molar-refractivity contribution in [2.75, 3.05) is 17.6 Å². The first-order chi connectivity index (χ1) is 8.90. The maximum Gasteiger partial charge on any atom is 0.332 e. The molecule has 1 aromatic heterocycles. The van der Waals surface area contributed by atoms with Gasteiger partial charge in [0.1, 0.15) is 11.5 Å². The summed E-state index contributed by atoms with van der Waals surface area (Å²) in [6, 6.07) is 0. The standard InChI is InChI=1S/C13H20N4O2/c1-5-6-7-15-10-11(14)17(8-9(2)3)13(19)16(4)12(10)18/h1,9,15H,6-8,14H2,2-4H3. The van der Waals surface area contributed by atoms with E-state index < -0.39 is 11.2 Å².